The van der Waals surface area contributed by atoms with Gasteiger partial charge < -0.3 is 19.8 Å². The summed E-state index contributed by atoms with van der Waals surface area (Å²) in [6.07, 6.45) is -0.772. The molecule has 0 aliphatic heterocycles. The number of aryl methyl sites for hydroxylation is 1. The van der Waals surface area contributed by atoms with Crippen LogP contribution in [0.5, 0.6) is 11.6 Å². The van der Waals surface area contributed by atoms with E-state index in [4.69, 9.17) is 16.3 Å². The Morgan fingerprint density at radius 2 is 1.97 bits per heavy atom. The van der Waals surface area contributed by atoms with E-state index in [0.29, 0.717) is 39.5 Å². The largest absolute Gasteiger partial charge is 0.437 e. The summed E-state index contributed by atoms with van der Waals surface area (Å²) in [5.41, 5.74) is -0.205. The number of nitrogens with one attached hydrogen (secondary N) is 1. The summed E-state index contributed by atoms with van der Waals surface area (Å²) >= 11 is 6.21. The number of halogens is 4. The number of carbonyl (C=O) groups is 1. The van der Waals surface area contributed by atoms with Crippen molar-refractivity contribution in [3.63, 3.8) is 0 Å². The number of hydrogen-bond donors (Lipinski definition) is 2. The minimum absolute atomic E-state index is 0.0779. The van der Waals surface area contributed by atoms with Crippen molar-refractivity contribution in [1.29, 1.82) is 0 Å². The molecule has 2 amide bonds. The molecule has 9 nitrogen and oxygen atoms in total. The molecule has 33 heavy (non-hydrogen) atoms. The Hall–Kier alpha value is -4.06. The van der Waals surface area contributed by atoms with Gasteiger partial charge in [0.1, 0.15) is 17.6 Å². The average molecular weight is 479 g/mol. The second-order valence-electron chi connectivity index (χ2n) is 6.74. The number of nitrogens with zero attached hydrogens (tertiary/aromatic N) is 5. The Bertz CT molecular complexity index is 1430. The molecule has 13 heteroatoms. The van der Waals surface area contributed by atoms with Crippen molar-refractivity contribution in [2.24, 2.45) is 12.0 Å². The van der Waals surface area contributed by atoms with Crippen molar-refractivity contribution in [2.45, 2.75) is 6.18 Å². The summed E-state index contributed by atoms with van der Waals surface area (Å²) in [5, 5.41) is 12.1. The van der Waals surface area contributed by atoms with Crippen LogP contribution in [-0.4, -0.2) is 30.5 Å². The normalized spacial score (nSPS) is 12.2. The maximum atomic E-state index is 12.8. The van der Waals surface area contributed by atoms with Crippen molar-refractivity contribution in [1.82, 2.24) is 19.3 Å². The molecule has 0 aliphatic rings. The molecule has 0 spiro atoms. The van der Waals surface area contributed by atoms with Crippen LogP contribution in [0.1, 0.15) is 5.56 Å². The van der Waals surface area contributed by atoms with Gasteiger partial charge in [-0.1, -0.05) is 11.6 Å². The second-order valence-corrected chi connectivity index (χ2v) is 7.15. The Morgan fingerprint density at radius 1 is 1.18 bits per heavy atom. The van der Waals surface area contributed by atoms with Crippen molar-refractivity contribution >= 4 is 34.4 Å². The predicted octanol–water partition coefficient (Wildman–Crippen LogP) is 4.60. The number of urea groups is 1. The molecule has 3 heterocycles. The summed E-state index contributed by atoms with van der Waals surface area (Å²) in [7, 11) is 1.81. The Morgan fingerprint density at radius 3 is 2.70 bits per heavy atom. The lowest BCUT2D eigenvalue weighted by Crippen LogP contribution is -2.24. The molecule has 3 aromatic heterocycles. The molecule has 4 rings (SSSR count). The summed E-state index contributed by atoms with van der Waals surface area (Å²) in [4.78, 5) is 23.9. The number of fused-ring (bicyclic) bond motifs is 1. The lowest BCUT2D eigenvalue weighted by Gasteiger charge is -2.10. The predicted molar refractivity (Wildman–Crippen MR) is 111 cm³/mol. The van der Waals surface area contributed by atoms with Crippen molar-refractivity contribution in [3.05, 3.63) is 71.2 Å². The third kappa shape index (κ3) is 4.75. The molecule has 0 saturated carbocycles. The van der Waals surface area contributed by atoms with Gasteiger partial charge in [0.05, 0.1) is 21.8 Å². The third-order valence-corrected chi connectivity index (χ3v) is 4.79. The van der Waals surface area contributed by atoms with Crippen LogP contribution in [0.25, 0.3) is 11.0 Å². The smallest absolute Gasteiger partial charge is 0.416 e. The first-order valence-corrected chi connectivity index (χ1v) is 9.58. The zero-order valence-electron chi connectivity index (χ0n) is 16.7. The number of aromatic nitrogens is 4. The van der Waals surface area contributed by atoms with Gasteiger partial charge in [-0.3, -0.25) is 0 Å². The van der Waals surface area contributed by atoms with E-state index in [1.54, 1.807) is 10.6 Å². The summed E-state index contributed by atoms with van der Waals surface area (Å²) in [6.45, 7) is 0. The number of alkyl halides is 3. The summed E-state index contributed by atoms with van der Waals surface area (Å²) < 4.78 is 46.4. The number of benzene rings is 1. The highest BCUT2D eigenvalue weighted by molar-refractivity contribution is 6.33. The third-order valence-electron chi connectivity index (χ3n) is 4.48. The first kappa shape index (κ1) is 22.1. The van der Waals surface area contributed by atoms with E-state index in [0.717, 1.165) is 6.20 Å². The van der Waals surface area contributed by atoms with E-state index in [-0.39, 0.29) is 10.7 Å². The van der Waals surface area contributed by atoms with Crippen LogP contribution in [0.2, 0.25) is 5.02 Å². The van der Waals surface area contributed by atoms with E-state index in [1.165, 1.54) is 24.5 Å². The standard InChI is InChI=1S/C20H14ClF3N6O3/c1-29-6-5-15-17(29)18(26-10-25-15)33-12-2-3-14(13(21)9-12)27-19(31)28-16-8-11(20(22,23)24)4-7-30(16)32/h2-10,32H,1H3,(H,27,31). The Labute approximate surface area is 188 Å². The van der Waals surface area contributed by atoms with Crippen LogP contribution >= 0.6 is 11.6 Å². The van der Waals surface area contributed by atoms with E-state index in [9.17, 15) is 23.2 Å². The minimum atomic E-state index is -4.66. The number of ether oxygens (including phenoxy) is 1. The lowest BCUT2D eigenvalue weighted by atomic mass is 10.2. The van der Waals surface area contributed by atoms with Crippen LogP contribution in [0, 0.1) is 0 Å². The van der Waals surface area contributed by atoms with Crippen LogP contribution < -0.4 is 15.5 Å². The van der Waals surface area contributed by atoms with Crippen molar-refractivity contribution in [3.8, 4) is 11.6 Å². The van der Waals surface area contributed by atoms with Gasteiger partial charge in [-0.25, -0.2) is 9.78 Å². The fraction of sp³-hybridized carbons (Fsp3) is 0.100. The van der Waals surface area contributed by atoms with Gasteiger partial charge in [-0.2, -0.15) is 27.9 Å². The average Bonchev–Trinajstić information content (AvgIpc) is 3.13. The van der Waals surface area contributed by atoms with Gasteiger partial charge in [0, 0.05) is 25.5 Å². The fourth-order valence-electron chi connectivity index (χ4n) is 2.92. The Kier molecular flexibility index (Phi) is 5.68. The van der Waals surface area contributed by atoms with E-state index < -0.39 is 23.3 Å². The van der Waals surface area contributed by atoms with E-state index in [1.807, 2.05) is 13.2 Å². The quantitative estimate of drug-likeness (QED) is 0.418. The first-order chi connectivity index (χ1) is 15.6. The van der Waals surface area contributed by atoms with Gasteiger partial charge in [0.15, 0.2) is 5.49 Å². The van der Waals surface area contributed by atoms with Gasteiger partial charge in [-0.15, -0.1) is 0 Å². The van der Waals surface area contributed by atoms with E-state index >= 15 is 0 Å². The molecule has 0 atom stereocenters. The van der Waals surface area contributed by atoms with Crippen molar-refractivity contribution < 1.29 is 27.9 Å². The molecule has 0 aliphatic carbocycles. The maximum absolute atomic E-state index is 12.8. The molecule has 0 unspecified atom stereocenters. The molecular weight excluding hydrogens is 465 g/mol. The van der Waals surface area contributed by atoms with Crippen molar-refractivity contribution in [2.75, 3.05) is 5.32 Å². The van der Waals surface area contributed by atoms with Crippen LogP contribution in [0.15, 0.2) is 60.1 Å². The first-order valence-electron chi connectivity index (χ1n) is 9.20. The van der Waals surface area contributed by atoms with Gasteiger partial charge >= 0.3 is 12.2 Å². The molecule has 0 saturated heterocycles. The summed E-state index contributed by atoms with van der Waals surface area (Å²) in [6, 6.07) is 6.29. The van der Waals surface area contributed by atoms with Gasteiger partial charge in [0.2, 0.25) is 5.88 Å². The molecule has 0 radical (unpaired) electrons. The highest BCUT2D eigenvalue weighted by atomic mass is 35.5. The van der Waals surface area contributed by atoms with Gasteiger partial charge in [0.25, 0.3) is 0 Å². The fourth-order valence-corrected chi connectivity index (χ4v) is 3.14. The van der Waals surface area contributed by atoms with Crippen LogP contribution in [0.4, 0.5) is 23.7 Å². The SMILES string of the molecule is Cn1ccc2ncnc(Oc3ccc(NC(=O)N=c4cc(C(F)(F)F)ccn4O)c(Cl)c3)c21. The number of hydrogen-bond acceptors (Lipinski definition) is 5. The number of amides is 2. The molecule has 170 valence electrons. The zero-order valence-corrected chi connectivity index (χ0v) is 17.5. The molecule has 1 aromatic carbocycles. The zero-order chi connectivity index (χ0) is 23.8. The molecule has 0 bridgehead atoms. The second kappa shape index (κ2) is 8.47. The topological polar surface area (TPSA) is 107 Å². The molecular formula is C20H14ClF3N6O3. The molecule has 2 N–H and O–H groups in total. The Balaban J connectivity index is 1.55. The minimum Gasteiger partial charge on any atom is -0.437 e. The molecule has 0 fully saturated rings. The monoisotopic (exact) mass is 478 g/mol. The highest BCUT2D eigenvalue weighted by Gasteiger charge is 2.30. The van der Waals surface area contributed by atoms with E-state index in [2.05, 4.69) is 20.3 Å². The number of pyridine rings is 1. The summed E-state index contributed by atoms with van der Waals surface area (Å²) in [5.74, 6) is 0.620. The molecule has 4 aromatic rings. The van der Waals surface area contributed by atoms with Crippen LogP contribution in [0.3, 0.4) is 0 Å². The van der Waals surface area contributed by atoms with Crippen LogP contribution in [-0.2, 0) is 13.2 Å². The number of anilines is 1. The lowest BCUT2D eigenvalue weighted by molar-refractivity contribution is -0.137. The number of carbonyl (C=O) groups excluding carboxylic acids is 1. The highest BCUT2D eigenvalue weighted by Crippen LogP contribution is 2.32. The van der Waals surface area contributed by atoms with Gasteiger partial charge in [-0.05, 0) is 30.3 Å². The number of rotatable bonds is 3. The maximum Gasteiger partial charge on any atom is 0.416 e.